The van der Waals surface area contributed by atoms with Gasteiger partial charge in [0.25, 0.3) is 5.91 Å². The second kappa shape index (κ2) is 12.1. The lowest BCUT2D eigenvalue weighted by molar-refractivity contribution is -0.140. The molecule has 0 fully saturated rings. The molecular formula is C27H24ClF4NO4. The number of amides is 1. The van der Waals surface area contributed by atoms with Crippen molar-refractivity contribution in [2.24, 2.45) is 0 Å². The van der Waals surface area contributed by atoms with Crippen LogP contribution in [0.25, 0.3) is 0 Å². The fraction of sp³-hybridized carbons (Fsp3) is 0.259. The summed E-state index contributed by atoms with van der Waals surface area (Å²) >= 11 is 5.86. The molecule has 0 heterocycles. The van der Waals surface area contributed by atoms with Crippen molar-refractivity contribution >= 4 is 23.5 Å². The van der Waals surface area contributed by atoms with Gasteiger partial charge in [-0.05, 0) is 78.9 Å². The van der Waals surface area contributed by atoms with Crippen molar-refractivity contribution in [3.8, 4) is 11.5 Å². The molecule has 3 rings (SSSR count). The molecule has 1 amide bonds. The van der Waals surface area contributed by atoms with E-state index in [9.17, 15) is 27.2 Å². The number of ether oxygens (including phenoxy) is 2. The highest BCUT2D eigenvalue weighted by Crippen LogP contribution is 2.32. The number of methoxy groups -OCH3 is 1. The van der Waals surface area contributed by atoms with E-state index in [0.29, 0.717) is 23.8 Å². The average molecular weight is 538 g/mol. The Morgan fingerprint density at radius 3 is 2.38 bits per heavy atom. The van der Waals surface area contributed by atoms with Crippen molar-refractivity contribution in [3.63, 3.8) is 0 Å². The van der Waals surface area contributed by atoms with Crippen LogP contribution in [0.1, 0.15) is 39.0 Å². The number of carbonyl (C=O) groups is 2. The molecule has 0 aliphatic heterocycles. The highest BCUT2D eigenvalue weighted by atomic mass is 35.5. The minimum absolute atomic E-state index is 0.0904. The van der Waals surface area contributed by atoms with Crippen LogP contribution < -0.4 is 10.1 Å². The Labute approximate surface area is 216 Å². The van der Waals surface area contributed by atoms with E-state index in [2.05, 4.69) is 10.1 Å². The first-order valence-electron chi connectivity index (χ1n) is 11.2. The van der Waals surface area contributed by atoms with Crippen molar-refractivity contribution in [2.45, 2.75) is 32.4 Å². The number of hydrogen-bond donors (Lipinski definition) is 1. The maximum absolute atomic E-state index is 14.2. The van der Waals surface area contributed by atoms with Crippen LogP contribution in [0.15, 0.2) is 54.6 Å². The molecule has 0 spiro atoms. The number of nitrogens with one attached hydrogen (secondary N) is 1. The molecule has 0 aliphatic rings. The summed E-state index contributed by atoms with van der Waals surface area (Å²) in [5.74, 6) is -0.731. The van der Waals surface area contributed by atoms with Gasteiger partial charge in [-0.2, -0.15) is 13.2 Å². The van der Waals surface area contributed by atoms with E-state index in [0.717, 1.165) is 23.3 Å². The first-order chi connectivity index (χ1) is 17.5. The van der Waals surface area contributed by atoms with Gasteiger partial charge < -0.3 is 14.8 Å². The number of aryl methyl sites for hydroxylation is 2. The molecular weight excluding hydrogens is 514 g/mol. The van der Waals surface area contributed by atoms with Gasteiger partial charge in [0.05, 0.1) is 23.3 Å². The Balaban J connectivity index is 1.61. The Morgan fingerprint density at radius 2 is 1.73 bits per heavy atom. The highest BCUT2D eigenvalue weighted by molar-refractivity contribution is 6.33. The van der Waals surface area contributed by atoms with E-state index in [1.165, 1.54) is 19.2 Å². The first kappa shape index (κ1) is 28.0. The van der Waals surface area contributed by atoms with Gasteiger partial charge in [0, 0.05) is 19.0 Å². The van der Waals surface area contributed by atoms with Crippen LogP contribution in [-0.4, -0.2) is 25.5 Å². The van der Waals surface area contributed by atoms with Gasteiger partial charge in [-0.25, -0.2) is 4.39 Å². The number of alkyl halides is 3. The van der Waals surface area contributed by atoms with Crippen molar-refractivity contribution in [1.29, 1.82) is 0 Å². The van der Waals surface area contributed by atoms with Gasteiger partial charge >= 0.3 is 12.1 Å². The van der Waals surface area contributed by atoms with Gasteiger partial charge in [0.2, 0.25) is 0 Å². The number of halogens is 5. The summed E-state index contributed by atoms with van der Waals surface area (Å²) < 4.78 is 63.0. The number of rotatable bonds is 9. The van der Waals surface area contributed by atoms with Crippen LogP contribution in [0, 0.1) is 12.7 Å². The standard InChI is InChI=1S/C27H24ClF4NO4/c1-16-11-21(6-3-18(16)4-8-25(34)36-2)37-22-13-17(12-20(29)15-22)9-10-33-26(35)23-7-5-19(14-24(23)28)27(30,31)32/h3,5-7,11-15H,4,8-10H2,1-2H3,(H,33,35). The lowest BCUT2D eigenvalue weighted by Crippen LogP contribution is -2.26. The summed E-state index contributed by atoms with van der Waals surface area (Å²) in [4.78, 5) is 23.7. The molecule has 0 saturated heterocycles. The second-order valence-electron chi connectivity index (χ2n) is 8.26. The Kier molecular flexibility index (Phi) is 9.15. The molecule has 0 saturated carbocycles. The van der Waals surface area contributed by atoms with E-state index in [1.807, 2.05) is 13.0 Å². The summed E-state index contributed by atoms with van der Waals surface area (Å²) in [5.41, 5.74) is 1.36. The fourth-order valence-corrected chi connectivity index (χ4v) is 3.87. The fourth-order valence-electron chi connectivity index (χ4n) is 3.60. The zero-order valence-corrected chi connectivity index (χ0v) is 20.8. The molecule has 1 N–H and O–H groups in total. The molecule has 0 radical (unpaired) electrons. The number of benzene rings is 3. The molecule has 3 aromatic rings. The number of hydrogen-bond acceptors (Lipinski definition) is 4. The zero-order chi connectivity index (χ0) is 27.2. The summed E-state index contributed by atoms with van der Waals surface area (Å²) in [7, 11) is 1.34. The van der Waals surface area contributed by atoms with Gasteiger partial charge in [-0.1, -0.05) is 17.7 Å². The monoisotopic (exact) mass is 537 g/mol. The smallest absolute Gasteiger partial charge is 0.416 e. The second-order valence-corrected chi connectivity index (χ2v) is 8.67. The van der Waals surface area contributed by atoms with E-state index in [1.54, 1.807) is 18.2 Å². The molecule has 0 unspecified atom stereocenters. The summed E-state index contributed by atoms with van der Waals surface area (Å²) in [5, 5.41) is 2.25. The molecule has 37 heavy (non-hydrogen) atoms. The zero-order valence-electron chi connectivity index (χ0n) is 20.0. The summed E-state index contributed by atoms with van der Waals surface area (Å²) in [6.45, 7) is 1.97. The molecule has 196 valence electrons. The van der Waals surface area contributed by atoms with Crippen LogP contribution >= 0.6 is 11.6 Å². The molecule has 3 aromatic carbocycles. The third-order valence-electron chi connectivity index (χ3n) is 5.55. The third-order valence-corrected chi connectivity index (χ3v) is 5.86. The van der Waals surface area contributed by atoms with E-state index in [4.69, 9.17) is 16.3 Å². The van der Waals surface area contributed by atoms with Crippen molar-refractivity contribution in [3.05, 3.63) is 93.3 Å². The predicted molar refractivity (Wildman–Crippen MR) is 130 cm³/mol. The Bertz CT molecular complexity index is 1290. The van der Waals surface area contributed by atoms with E-state index < -0.39 is 23.5 Å². The topological polar surface area (TPSA) is 64.6 Å². The molecule has 0 aliphatic carbocycles. The Morgan fingerprint density at radius 1 is 0.973 bits per heavy atom. The quantitative estimate of drug-likeness (QED) is 0.244. The lowest BCUT2D eigenvalue weighted by Gasteiger charge is -2.12. The Hall–Kier alpha value is -3.59. The predicted octanol–water partition coefficient (Wildman–Crippen LogP) is 6.68. The minimum atomic E-state index is -4.57. The van der Waals surface area contributed by atoms with E-state index in [-0.39, 0.29) is 41.7 Å². The van der Waals surface area contributed by atoms with Gasteiger partial charge in [0.1, 0.15) is 17.3 Å². The maximum atomic E-state index is 14.2. The van der Waals surface area contributed by atoms with Crippen molar-refractivity contribution in [2.75, 3.05) is 13.7 Å². The summed E-state index contributed by atoms with van der Waals surface area (Å²) in [6, 6.07) is 12.0. The van der Waals surface area contributed by atoms with Crippen LogP contribution in [0.3, 0.4) is 0 Å². The molecule has 5 nitrogen and oxygen atoms in total. The number of esters is 1. The molecule has 0 aromatic heterocycles. The van der Waals surface area contributed by atoms with Crippen LogP contribution in [0.4, 0.5) is 17.6 Å². The minimum Gasteiger partial charge on any atom is -0.469 e. The normalized spacial score (nSPS) is 11.2. The van der Waals surface area contributed by atoms with Crippen LogP contribution in [0.5, 0.6) is 11.5 Å². The van der Waals surface area contributed by atoms with Crippen molar-refractivity contribution < 1.29 is 36.6 Å². The average Bonchev–Trinajstić information content (AvgIpc) is 2.82. The van der Waals surface area contributed by atoms with E-state index >= 15 is 0 Å². The number of carbonyl (C=O) groups excluding carboxylic acids is 2. The van der Waals surface area contributed by atoms with Crippen LogP contribution in [0.2, 0.25) is 5.02 Å². The third kappa shape index (κ3) is 7.95. The highest BCUT2D eigenvalue weighted by Gasteiger charge is 2.31. The van der Waals surface area contributed by atoms with Gasteiger partial charge in [-0.15, -0.1) is 0 Å². The maximum Gasteiger partial charge on any atom is 0.416 e. The van der Waals surface area contributed by atoms with Crippen LogP contribution in [-0.2, 0) is 28.5 Å². The van der Waals surface area contributed by atoms with Crippen molar-refractivity contribution in [1.82, 2.24) is 5.32 Å². The summed E-state index contributed by atoms with van der Waals surface area (Å²) in [6.07, 6.45) is -3.55. The largest absolute Gasteiger partial charge is 0.469 e. The lowest BCUT2D eigenvalue weighted by atomic mass is 10.0. The molecule has 0 bridgehead atoms. The molecule has 10 heteroatoms. The molecule has 0 atom stereocenters. The van der Waals surface area contributed by atoms with Gasteiger partial charge in [-0.3, -0.25) is 9.59 Å². The SMILES string of the molecule is COC(=O)CCc1ccc(Oc2cc(F)cc(CCNC(=O)c3ccc(C(F)(F)F)cc3Cl)c2)cc1C. The first-order valence-corrected chi connectivity index (χ1v) is 11.6. The van der Waals surface area contributed by atoms with Gasteiger partial charge in [0.15, 0.2) is 0 Å².